The number of nitrogens with two attached hydrogens (primary N) is 1. The van der Waals surface area contributed by atoms with Crippen LogP contribution in [0.2, 0.25) is 0 Å². The van der Waals surface area contributed by atoms with Gasteiger partial charge in [0.25, 0.3) is 0 Å². The lowest BCUT2D eigenvalue weighted by Crippen LogP contribution is -2.17. The van der Waals surface area contributed by atoms with E-state index in [1.165, 1.54) is 5.56 Å². The zero-order valence-corrected chi connectivity index (χ0v) is 8.75. The summed E-state index contributed by atoms with van der Waals surface area (Å²) in [5.41, 5.74) is 8.69. The molecule has 0 spiro atoms. The monoisotopic (exact) mass is 194 g/mol. The van der Waals surface area contributed by atoms with Gasteiger partial charge in [0.15, 0.2) is 0 Å². The Morgan fingerprint density at radius 2 is 2.21 bits per heavy atom. The van der Waals surface area contributed by atoms with Gasteiger partial charge in [-0.15, -0.1) is 0 Å². The molecule has 0 aliphatic carbocycles. The summed E-state index contributed by atoms with van der Waals surface area (Å²) < 4.78 is 0. The van der Waals surface area contributed by atoms with E-state index < -0.39 is 0 Å². The Bertz CT molecular complexity index is 299. The number of nitrogen functional groups attached to an aromatic ring is 1. The van der Waals surface area contributed by atoms with Crippen molar-refractivity contribution in [3.63, 3.8) is 0 Å². The second-order valence-corrected chi connectivity index (χ2v) is 3.65. The number of anilines is 2. The van der Waals surface area contributed by atoms with Crippen molar-refractivity contribution in [2.45, 2.75) is 26.3 Å². The first-order valence-electron chi connectivity index (χ1n) is 4.87. The van der Waals surface area contributed by atoms with Crippen LogP contribution >= 0.6 is 0 Å². The first-order valence-corrected chi connectivity index (χ1v) is 4.87. The summed E-state index contributed by atoms with van der Waals surface area (Å²) in [6.45, 7) is 4.25. The minimum Gasteiger partial charge on any atom is -0.397 e. The molecule has 78 valence electrons. The maximum Gasteiger partial charge on any atom is 0.0578 e. The van der Waals surface area contributed by atoms with Gasteiger partial charge < -0.3 is 16.2 Å². The molecule has 0 radical (unpaired) electrons. The zero-order valence-electron chi connectivity index (χ0n) is 8.75. The van der Waals surface area contributed by atoms with Gasteiger partial charge in [0, 0.05) is 12.6 Å². The molecule has 4 N–H and O–H groups in total. The van der Waals surface area contributed by atoms with E-state index in [-0.39, 0.29) is 12.6 Å². The van der Waals surface area contributed by atoms with Crippen LogP contribution in [0, 0.1) is 6.92 Å². The van der Waals surface area contributed by atoms with Crippen molar-refractivity contribution in [1.29, 1.82) is 0 Å². The van der Waals surface area contributed by atoms with Crippen molar-refractivity contribution in [3.8, 4) is 0 Å². The fraction of sp³-hybridized carbons (Fsp3) is 0.455. The molecular weight excluding hydrogens is 176 g/mol. The van der Waals surface area contributed by atoms with Gasteiger partial charge in [-0.05, 0) is 38.0 Å². The lowest BCUT2D eigenvalue weighted by atomic mass is 10.1. The molecule has 0 aliphatic rings. The van der Waals surface area contributed by atoms with Crippen molar-refractivity contribution < 1.29 is 5.11 Å². The van der Waals surface area contributed by atoms with E-state index in [4.69, 9.17) is 10.8 Å². The van der Waals surface area contributed by atoms with E-state index in [2.05, 4.69) is 5.32 Å². The number of hydrogen-bond donors (Lipinski definition) is 3. The first kappa shape index (κ1) is 10.9. The van der Waals surface area contributed by atoms with E-state index in [9.17, 15) is 0 Å². The first-order chi connectivity index (χ1) is 6.63. The van der Waals surface area contributed by atoms with Crippen LogP contribution < -0.4 is 11.1 Å². The third kappa shape index (κ3) is 2.92. The molecule has 0 heterocycles. The molecule has 1 atom stereocenters. The number of aliphatic hydroxyl groups excluding tert-OH is 1. The van der Waals surface area contributed by atoms with Crippen molar-refractivity contribution in [3.05, 3.63) is 23.8 Å². The van der Waals surface area contributed by atoms with Crippen LogP contribution in [-0.2, 0) is 0 Å². The fourth-order valence-corrected chi connectivity index (χ4v) is 1.33. The average Bonchev–Trinajstić information content (AvgIpc) is 2.12. The molecule has 14 heavy (non-hydrogen) atoms. The highest BCUT2D eigenvalue weighted by Gasteiger charge is 2.03. The highest BCUT2D eigenvalue weighted by molar-refractivity contribution is 5.67. The second-order valence-electron chi connectivity index (χ2n) is 3.65. The number of rotatable bonds is 4. The number of aliphatic hydroxyl groups is 1. The molecule has 1 unspecified atom stereocenters. The van der Waals surface area contributed by atoms with Gasteiger partial charge in [0.2, 0.25) is 0 Å². The van der Waals surface area contributed by atoms with E-state index in [1.807, 2.05) is 32.0 Å². The molecule has 0 saturated carbocycles. The number of benzene rings is 1. The summed E-state index contributed by atoms with van der Waals surface area (Å²) in [5, 5.41) is 12.0. The van der Waals surface area contributed by atoms with Gasteiger partial charge in [0.1, 0.15) is 0 Å². The fourth-order valence-electron chi connectivity index (χ4n) is 1.33. The van der Waals surface area contributed by atoms with Gasteiger partial charge in [-0.2, -0.15) is 0 Å². The SMILES string of the molecule is Cc1ccc(N)c(NC(C)CCO)c1. The van der Waals surface area contributed by atoms with Crippen LogP contribution in [0.3, 0.4) is 0 Å². The van der Waals surface area contributed by atoms with E-state index in [1.54, 1.807) is 0 Å². The highest BCUT2D eigenvalue weighted by atomic mass is 16.3. The molecule has 1 rings (SSSR count). The Balaban J connectivity index is 2.70. The van der Waals surface area contributed by atoms with Crippen molar-refractivity contribution in [1.82, 2.24) is 0 Å². The van der Waals surface area contributed by atoms with Crippen LogP contribution in [0.5, 0.6) is 0 Å². The number of nitrogens with one attached hydrogen (secondary N) is 1. The van der Waals surface area contributed by atoms with Gasteiger partial charge in [-0.25, -0.2) is 0 Å². The standard InChI is InChI=1S/C11H18N2O/c1-8-3-4-10(12)11(7-8)13-9(2)5-6-14/h3-4,7,9,13-14H,5-6,12H2,1-2H3. The summed E-state index contributed by atoms with van der Waals surface area (Å²) in [7, 11) is 0. The highest BCUT2D eigenvalue weighted by Crippen LogP contribution is 2.20. The summed E-state index contributed by atoms with van der Waals surface area (Å²) in [4.78, 5) is 0. The molecule has 0 aromatic heterocycles. The molecule has 0 amide bonds. The third-order valence-corrected chi connectivity index (χ3v) is 2.17. The lowest BCUT2D eigenvalue weighted by Gasteiger charge is -2.16. The predicted octanol–water partition coefficient (Wildman–Crippen LogP) is 1.76. The minimum atomic E-state index is 0.194. The van der Waals surface area contributed by atoms with Gasteiger partial charge >= 0.3 is 0 Å². The van der Waals surface area contributed by atoms with E-state index in [0.29, 0.717) is 0 Å². The zero-order chi connectivity index (χ0) is 10.6. The molecule has 3 heteroatoms. The molecule has 0 aliphatic heterocycles. The Morgan fingerprint density at radius 3 is 2.86 bits per heavy atom. The molecule has 0 saturated heterocycles. The minimum absolute atomic E-state index is 0.194. The molecule has 3 nitrogen and oxygen atoms in total. The Hall–Kier alpha value is -1.22. The largest absolute Gasteiger partial charge is 0.397 e. The second kappa shape index (κ2) is 4.86. The molecule has 0 fully saturated rings. The maximum absolute atomic E-state index is 8.77. The molecule has 0 bridgehead atoms. The van der Waals surface area contributed by atoms with Crippen LogP contribution in [0.1, 0.15) is 18.9 Å². The van der Waals surface area contributed by atoms with Gasteiger partial charge in [-0.1, -0.05) is 6.07 Å². The van der Waals surface area contributed by atoms with Gasteiger partial charge in [-0.3, -0.25) is 0 Å². The van der Waals surface area contributed by atoms with Crippen LogP contribution in [-0.4, -0.2) is 17.8 Å². The lowest BCUT2D eigenvalue weighted by molar-refractivity contribution is 0.282. The average molecular weight is 194 g/mol. The molecule has 1 aromatic rings. The summed E-state index contributed by atoms with van der Waals surface area (Å²) in [6.07, 6.45) is 0.730. The quantitative estimate of drug-likeness (QED) is 0.640. The summed E-state index contributed by atoms with van der Waals surface area (Å²) >= 11 is 0. The molecule has 1 aromatic carbocycles. The normalized spacial score (nSPS) is 12.5. The third-order valence-electron chi connectivity index (χ3n) is 2.17. The topological polar surface area (TPSA) is 58.3 Å². The van der Waals surface area contributed by atoms with E-state index in [0.717, 1.165) is 17.8 Å². The maximum atomic E-state index is 8.77. The Labute approximate surface area is 84.9 Å². The predicted molar refractivity (Wildman–Crippen MR) is 60.4 cm³/mol. The number of aryl methyl sites for hydroxylation is 1. The van der Waals surface area contributed by atoms with Crippen LogP contribution in [0.25, 0.3) is 0 Å². The van der Waals surface area contributed by atoms with E-state index >= 15 is 0 Å². The Kier molecular flexibility index (Phi) is 3.77. The van der Waals surface area contributed by atoms with Crippen LogP contribution in [0.4, 0.5) is 11.4 Å². The summed E-state index contributed by atoms with van der Waals surface area (Å²) in [6, 6.07) is 6.13. The Morgan fingerprint density at radius 1 is 1.50 bits per heavy atom. The van der Waals surface area contributed by atoms with Gasteiger partial charge in [0.05, 0.1) is 11.4 Å². The smallest absolute Gasteiger partial charge is 0.0578 e. The molecular formula is C11H18N2O. The van der Waals surface area contributed by atoms with Crippen molar-refractivity contribution in [2.24, 2.45) is 0 Å². The van der Waals surface area contributed by atoms with Crippen molar-refractivity contribution in [2.75, 3.05) is 17.7 Å². The number of hydrogen-bond acceptors (Lipinski definition) is 3. The summed E-state index contributed by atoms with van der Waals surface area (Å²) in [5.74, 6) is 0. The van der Waals surface area contributed by atoms with Crippen molar-refractivity contribution >= 4 is 11.4 Å². The van der Waals surface area contributed by atoms with Crippen LogP contribution in [0.15, 0.2) is 18.2 Å².